The normalized spacial score (nSPS) is 12.6. The van der Waals surface area contributed by atoms with Crippen LogP contribution in [0.25, 0.3) is 0 Å². The number of nitrogens with zero attached hydrogens (tertiary/aromatic N) is 1. The van der Waals surface area contributed by atoms with Gasteiger partial charge in [-0.25, -0.2) is 4.98 Å². The van der Waals surface area contributed by atoms with Gasteiger partial charge in [0.15, 0.2) is 0 Å². The summed E-state index contributed by atoms with van der Waals surface area (Å²) in [6.45, 7) is 0. The van der Waals surface area contributed by atoms with Crippen LogP contribution < -0.4 is 11.1 Å². The van der Waals surface area contributed by atoms with Gasteiger partial charge >= 0.3 is 0 Å². The molecular formula is C11H13N3S. The molecule has 0 amide bonds. The van der Waals surface area contributed by atoms with Gasteiger partial charge in [-0.05, 0) is 35.5 Å². The van der Waals surface area contributed by atoms with E-state index in [9.17, 15) is 0 Å². The number of nitrogen functional groups attached to an aromatic ring is 1. The van der Waals surface area contributed by atoms with Crippen LogP contribution in [0, 0.1) is 0 Å². The van der Waals surface area contributed by atoms with Gasteiger partial charge < -0.3 is 11.1 Å². The molecule has 0 saturated heterocycles. The second kappa shape index (κ2) is 4.42. The average molecular weight is 219 g/mol. The van der Waals surface area contributed by atoms with Crippen molar-refractivity contribution in [2.24, 2.45) is 0 Å². The van der Waals surface area contributed by atoms with Crippen LogP contribution in [-0.4, -0.2) is 12.0 Å². The van der Waals surface area contributed by atoms with Crippen molar-refractivity contribution in [1.82, 2.24) is 10.3 Å². The lowest BCUT2D eigenvalue weighted by Crippen LogP contribution is -2.18. The lowest BCUT2D eigenvalue weighted by Gasteiger charge is -2.16. The van der Waals surface area contributed by atoms with Gasteiger partial charge in [-0.3, -0.25) is 0 Å². The molecule has 0 bridgehead atoms. The number of nitrogens with two attached hydrogens (primary N) is 1. The highest BCUT2D eigenvalue weighted by Crippen LogP contribution is 2.26. The molecule has 0 aliphatic heterocycles. The molecule has 4 heteroatoms. The van der Waals surface area contributed by atoms with E-state index in [0.717, 1.165) is 5.56 Å². The predicted molar refractivity (Wildman–Crippen MR) is 63.9 cm³/mol. The Kier molecular flexibility index (Phi) is 2.99. The molecular weight excluding hydrogens is 206 g/mol. The fourth-order valence-electron chi connectivity index (χ4n) is 1.62. The van der Waals surface area contributed by atoms with Gasteiger partial charge in [0, 0.05) is 11.8 Å². The Balaban J connectivity index is 2.40. The van der Waals surface area contributed by atoms with Crippen molar-refractivity contribution in [3.63, 3.8) is 0 Å². The number of anilines is 1. The van der Waals surface area contributed by atoms with E-state index in [1.807, 2.05) is 19.2 Å². The van der Waals surface area contributed by atoms with Gasteiger partial charge in [0.25, 0.3) is 0 Å². The Morgan fingerprint density at radius 3 is 2.93 bits per heavy atom. The standard InChI is InChI=1S/C11H13N3S/c1-13-10(8-4-6-15-7-8)9-3-2-5-14-11(9)12/h2-7,10,13H,1H3,(H2,12,14). The zero-order chi connectivity index (χ0) is 10.7. The summed E-state index contributed by atoms with van der Waals surface area (Å²) in [7, 11) is 1.93. The van der Waals surface area contributed by atoms with Crippen LogP contribution in [0.2, 0.25) is 0 Å². The molecule has 2 aromatic heterocycles. The molecule has 0 spiro atoms. The van der Waals surface area contributed by atoms with Crippen LogP contribution in [-0.2, 0) is 0 Å². The molecule has 1 unspecified atom stereocenters. The van der Waals surface area contributed by atoms with Gasteiger partial charge in [-0.2, -0.15) is 11.3 Å². The summed E-state index contributed by atoms with van der Waals surface area (Å²) in [5, 5.41) is 7.43. The molecule has 0 saturated carbocycles. The van der Waals surface area contributed by atoms with E-state index in [1.165, 1.54) is 5.56 Å². The summed E-state index contributed by atoms with van der Waals surface area (Å²) < 4.78 is 0. The minimum absolute atomic E-state index is 0.130. The van der Waals surface area contributed by atoms with Gasteiger partial charge in [0.1, 0.15) is 5.82 Å². The Morgan fingerprint density at radius 1 is 1.47 bits per heavy atom. The monoisotopic (exact) mass is 219 g/mol. The van der Waals surface area contributed by atoms with E-state index >= 15 is 0 Å². The average Bonchev–Trinajstić information content (AvgIpc) is 2.75. The van der Waals surface area contributed by atoms with Crippen LogP contribution in [0.4, 0.5) is 5.82 Å². The van der Waals surface area contributed by atoms with E-state index in [1.54, 1.807) is 17.5 Å². The van der Waals surface area contributed by atoms with Crippen LogP contribution in [0.15, 0.2) is 35.2 Å². The first-order chi connectivity index (χ1) is 7.33. The number of hydrogen-bond donors (Lipinski definition) is 2. The molecule has 2 heterocycles. The molecule has 3 N–H and O–H groups in total. The van der Waals surface area contributed by atoms with Crippen molar-refractivity contribution in [2.75, 3.05) is 12.8 Å². The van der Waals surface area contributed by atoms with Gasteiger partial charge in [-0.15, -0.1) is 0 Å². The maximum absolute atomic E-state index is 5.86. The molecule has 0 radical (unpaired) electrons. The summed E-state index contributed by atoms with van der Waals surface area (Å²) in [4.78, 5) is 4.10. The Morgan fingerprint density at radius 2 is 2.33 bits per heavy atom. The quantitative estimate of drug-likeness (QED) is 0.830. The van der Waals surface area contributed by atoms with Crippen LogP contribution >= 0.6 is 11.3 Å². The predicted octanol–water partition coefficient (Wildman–Crippen LogP) is 2.03. The molecule has 3 nitrogen and oxygen atoms in total. The first-order valence-electron chi connectivity index (χ1n) is 4.72. The SMILES string of the molecule is CNC(c1ccsc1)c1cccnc1N. The lowest BCUT2D eigenvalue weighted by molar-refractivity contribution is 0.694. The third-order valence-electron chi connectivity index (χ3n) is 2.35. The van der Waals surface area contributed by atoms with E-state index in [4.69, 9.17) is 5.73 Å². The van der Waals surface area contributed by atoms with Crippen molar-refractivity contribution < 1.29 is 0 Å². The zero-order valence-electron chi connectivity index (χ0n) is 8.47. The first-order valence-corrected chi connectivity index (χ1v) is 5.67. The largest absolute Gasteiger partial charge is 0.383 e. The third-order valence-corrected chi connectivity index (χ3v) is 3.05. The molecule has 0 aliphatic carbocycles. The second-order valence-corrected chi connectivity index (χ2v) is 4.04. The van der Waals surface area contributed by atoms with Crippen LogP contribution in [0.3, 0.4) is 0 Å². The second-order valence-electron chi connectivity index (χ2n) is 3.26. The summed E-state index contributed by atoms with van der Waals surface area (Å²) in [6, 6.07) is 6.13. The van der Waals surface area contributed by atoms with Crippen molar-refractivity contribution >= 4 is 17.2 Å². The minimum atomic E-state index is 0.130. The summed E-state index contributed by atoms with van der Waals surface area (Å²) in [6.07, 6.45) is 1.71. The Hall–Kier alpha value is -1.39. The highest BCUT2D eigenvalue weighted by Gasteiger charge is 2.14. The van der Waals surface area contributed by atoms with E-state index in [2.05, 4.69) is 27.1 Å². The van der Waals surface area contributed by atoms with E-state index < -0.39 is 0 Å². The van der Waals surface area contributed by atoms with Gasteiger partial charge in [0.05, 0.1) is 6.04 Å². The summed E-state index contributed by atoms with van der Waals surface area (Å²) in [5.74, 6) is 0.586. The summed E-state index contributed by atoms with van der Waals surface area (Å²) in [5.41, 5.74) is 8.11. The van der Waals surface area contributed by atoms with Gasteiger partial charge in [0.2, 0.25) is 0 Å². The topological polar surface area (TPSA) is 50.9 Å². The Bertz CT molecular complexity index is 425. The van der Waals surface area contributed by atoms with Crippen molar-refractivity contribution in [2.45, 2.75) is 6.04 Å². The fourth-order valence-corrected chi connectivity index (χ4v) is 2.30. The number of rotatable bonds is 3. The number of thiophene rings is 1. The minimum Gasteiger partial charge on any atom is -0.383 e. The van der Waals surface area contributed by atoms with Crippen molar-refractivity contribution in [3.05, 3.63) is 46.3 Å². The molecule has 0 aliphatic rings. The molecule has 78 valence electrons. The Labute approximate surface area is 93.0 Å². The molecule has 0 fully saturated rings. The van der Waals surface area contributed by atoms with Crippen LogP contribution in [0.5, 0.6) is 0 Å². The van der Waals surface area contributed by atoms with Gasteiger partial charge in [-0.1, -0.05) is 6.07 Å². The lowest BCUT2D eigenvalue weighted by atomic mass is 10.0. The third kappa shape index (κ3) is 2.00. The van der Waals surface area contributed by atoms with E-state index in [0.29, 0.717) is 5.82 Å². The number of nitrogens with one attached hydrogen (secondary N) is 1. The summed E-state index contributed by atoms with van der Waals surface area (Å²) >= 11 is 1.68. The smallest absolute Gasteiger partial charge is 0.128 e. The van der Waals surface area contributed by atoms with Crippen molar-refractivity contribution in [3.8, 4) is 0 Å². The van der Waals surface area contributed by atoms with E-state index in [-0.39, 0.29) is 6.04 Å². The van der Waals surface area contributed by atoms with Crippen LogP contribution in [0.1, 0.15) is 17.2 Å². The first kappa shape index (κ1) is 10.1. The number of hydrogen-bond acceptors (Lipinski definition) is 4. The molecule has 2 rings (SSSR count). The zero-order valence-corrected chi connectivity index (χ0v) is 9.29. The highest BCUT2D eigenvalue weighted by atomic mass is 32.1. The fraction of sp³-hybridized carbons (Fsp3) is 0.182. The highest BCUT2D eigenvalue weighted by molar-refractivity contribution is 7.08. The molecule has 2 aromatic rings. The maximum atomic E-state index is 5.86. The van der Waals surface area contributed by atoms with Crippen molar-refractivity contribution in [1.29, 1.82) is 0 Å². The number of pyridine rings is 1. The molecule has 0 aromatic carbocycles. The molecule has 1 atom stereocenters. The molecule has 15 heavy (non-hydrogen) atoms. The number of aromatic nitrogens is 1. The maximum Gasteiger partial charge on any atom is 0.128 e.